The lowest BCUT2D eigenvalue weighted by atomic mass is 10.1. The van der Waals surface area contributed by atoms with Crippen LogP contribution >= 0.6 is 0 Å². The molecule has 0 bridgehead atoms. The van der Waals surface area contributed by atoms with Crippen molar-refractivity contribution >= 4 is 5.69 Å². The first-order valence-corrected chi connectivity index (χ1v) is 7.28. The Hall–Kier alpha value is -2.20. The van der Waals surface area contributed by atoms with Gasteiger partial charge < -0.3 is 5.32 Å². The van der Waals surface area contributed by atoms with Gasteiger partial charge in [-0.15, -0.1) is 0 Å². The van der Waals surface area contributed by atoms with Gasteiger partial charge in [-0.1, -0.05) is 36.4 Å². The molecule has 21 heavy (non-hydrogen) atoms. The highest BCUT2D eigenvalue weighted by Gasteiger charge is 2.12. The number of benzene rings is 2. The van der Waals surface area contributed by atoms with E-state index in [0.717, 1.165) is 12.1 Å². The fourth-order valence-corrected chi connectivity index (χ4v) is 2.92. The van der Waals surface area contributed by atoms with Gasteiger partial charge in [0.15, 0.2) is 0 Å². The zero-order valence-corrected chi connectivity index (χ0v) is 11.8. The predicted octanol–water partition coefficient (Wildman–Crippen LogP) is 3.37. The van der Waals surface area contributed by atoms with Crippen LogP contribution < -0.4 is 5.32 Å². The molecule has 2 aromatic carbocycles. The molecule has 0 atom stereocenters. The average Bonchev–Trinajstić information content (AvgIpc) is 2.95. The molecule has 1 aliphatic rings. The van der Waals surface area contributed by atoms with Gasteiger partial charge >= 0.3 is 0 Å². The van der Waals surface area contributed by atoms with Gasteiger partial charge in [-0.05, 0) is 36.0 Å². The Morgan fingerprint density at radius 1 is 1.05 bits per heavy atom. The highest BCUT2D eigenvalue weighted by atomic mass is 16.6. The maximum atomic E-state index is 11.0. The smallest absolute Gasteiger partial charge is 0.273 e. The van der Waals surface area contributed by atoms with E-state index in [9.17, 15) is 10.1 Å². The highest BCUT2D eigenvalue weighted by Crippen LogP contribution is 2.23. The summed E-state index contributed by atoms with van der Waals surface area (Å²) in [5, 5.41) is 14.3. The van der Waals surface area contributed by atoms with Crippen LogP contribution in [0.3, 0.4) is 0 Å². The fraction of sp³-hybridized carbons (Fsp3) is 0.294. The molecular formula is C17H18N2O2. The van der Waals surface area contributed by atoms with Crippen LogP contribution in [0.15, 0.2) is 42.5 Å². The first-order chi connectivity index (χ1) is 10.2. The molecule has 0 saturated heterocycles. The van der Waals surface area contributed by atoms with Gasteiger partial charge in [-0.2, -0.15) is 0 Å². The molecule has 0 amide bonds. The third-order valence-corrected chi connectivity index (χ3v) is 4.00. The van der Waals surface area contributed by atoms with Crippen LogP contribution in [0, 0.1) is 10.1 Å². The van der Waals surface area contributed by atoms with Crippen molar-refractivity contribution in [3.63, 3.8) is 0 Å². The SMILES string of the molecule is O=[N+]([O-])c1ccccc1CNCc1ccc2c(c1)CCC2. The number of hydrogen-bond acceptors (Lipinski definition) is 3. The third kappa shape index (κ3) is 3.11. The van der Waals surface area contributed by atoms with E-state index in [1.54, 1.807) is 18.2 Å². The van der Waals surface area contributed by atoms with E-state index in [1.165, 1.54) is 36.0 Å². The molecular weight excluding hydrogens is 264 g/mol. The van der Waals surface area contributed by atoms with Crippen LogP contribution in [0.25, 0.3) is 0 Å². The fourth-order valence-electron chi connectivity index (χ4n) is 2.92. The minimum absolute atomic E-state index is 0.180. The molecule has 2 aromatic rings. The summed E-state index contributed by atoms with van der Waals surface area (Å²) in [6.07, 6.45) is 3.62. The van der Waals surface area contributed by atoms with Gasteiger partial charge in [-0.25, -0.2) is 0 Å². The Morgan fingerprint density at radius 3 is 2.71 bits per heavy atom. The van der Waals surface area contributed by atoms with E-state index in [0.29, 0.717) is 6.54 Å². The lowest BCUT2D eigenvalue weighted by molar-refractivity contribution is -0.385. The molecule has 1 N–H and O–H groups in total. The summed E-state index contributed by atoms with van der Waals surface area (Å²) in [6.45, 7) is 1.24. The summed E-state index contributed by atoms with van der Waals surface area (Å²) in [7, 11) is 0. The Labute approximate surface area is 124 Å². The second-order valence-electron chi connectivity index (χ2n) is 5.45. The summed E-state index contributed by atoms with van der Waals surface area (Å²) in [4.78, 5) is 10.6. The number of para-hydroxylation sites is 1. The maximum absolute atomic E-state index is 11.0. The minimum atomic E-state index is -0.327. The Kier molecular flexibility index (Phi) is 3.97. The van der Waals surface area contributed by atoms with Gasteiger partial charge in [0.2, 0.25) is 0 Å². The lowest BCUT2D eigenvalue weighted by Crippen LogP contribution is -2.14. The summed E-state index contributed by atoms with van der Waals surface area (Å²) >= 11 is 0. The number of rotatable bonds is 5. The van der Waals surface area contributed by atoms with E-state index in [2.05, 4.69) is 23.5 Å². The van der Waals surface area contributed by atoms with E-state index >= 15 is 0 Å². The largest absolute Gasteiger partial charge is 0.308 e. The minimum Gasteiger partial charge on any atom is -0.308 e. The van der Waals surface area contributed by atoms with Crippen molar-refractivity contribution in [1.82, 2.24) is 5.32 Å². The number of fused-ring (bicyclic) bond motifs is 1. The van der Waals surface area contributed by atoms with Gasteiger partial charge in [0.05, 0.1) is 4.92 Å². The monoisotopic (exact) mass is 282 g/mol. The molecule has 0 aromatic heterocycles. The topological polar surface area (TPSA) is 55.2 Å². The van der Waals surface area contributed by atoms with Crippen molar-refractivity contribution in [3.05, 3.63) is 74.8 Å². The highest BCUT2D eigenvalue weighted by molar-refractivity contribution is 5.40. The number of aryl methyl sites for hydroxylation is 2. The molecule has 0 fully saturated rings. The number of nitrogens with one attached hydrogen (secondary N) is 1. The molecule has 0 unspecified atom stereocenters. The van der Waals surface area contributed by atoms with E-state index in [-0.39, 0.29) is 10.6 Å². The summed E-state index contributed by atoms with van der Waals surface area (Å²) < 4.78 is 0. The number of hydrogen-bond donors (Lipinski definition) is 1. The van der Waals surface area contributed by atoms with Crippen molar-refractivity contribution < 1.29 is 4.92 Å². The maximum Gasteiger partial charge on any atom is 0.273 e. The summed E-state index contributed by atoms with van der Waals surface area (Å²) in [6, 6.07) is 13.5. The van der Waals surface area contributed by atoms with Crippen LogP contribution in [-0.4, -0.2) is 4.92 Å². The summed E-state index contributed by atoms with van der Waals surface area (Å²) in [5.74, 6) is 0. The van der Waals surface area contributed by atoms with E-state index in [1.807, 2.05) is 6.07 Å². The molecule has 1 aliphatic carbocycles. The second-order valence-corrected chi connectivity index (χ2v) is 5.45. The first kappa shape index (κ1) is 13.8. The van der Waals surface area contributed by atoms with Crippen molar-refractivity contribution in [3.8, 4) is 0 Å². The van der Waals surface area contributed by atoms with Gasteiger partial charge in [0.1, 0.15) is 0 Å². The molecule has 0 radical (unpaired) electrons. The van der Waals surface area contributed by atoms with Crippen LogP contribution in [0.5, 0.6) is 0 Å². The Balaban J connectivity index is 1.63. The first-order valence-electron chi connectivity index (χ1n) is 7.28. The second kappa shape index (κ2) is 6.06. The van der Waals surface area contributed by atoms with E-state index in [4.69, 9.17) is 0 Å². The normalized spacial score (nSPS) is 13.1. The zero-order chi connectivity index (χ0) is 14.7. The molecule has 0 saturated carbocycles. The molecule has 3 rings (SSSR count). The number of nitrogens with zero attached hydrogens (tertiary/aromatic N) is 1. The van der Waals surface area contributed by atoms with Crippen LogP contribution in [-0.2, 0) is 25.9 Å². The summed E-state index contributed by atoms with van der Waals surface area (Å²) in [5.41, 5.74) is 5.08. The van der Waals surface area contributed by atoms with Crippen LogP contribution in [0.1, 0.15) is 28.7 Å². The van der Waals surface area contributed by atoms with Crippen LogP contribution in [0.4, 0.5) is 5.69 Å². The van der Waals surface area contributed by atoms with Gasteiger partial charge in [0, 0.05) is 24.7 Å². The molecule has 0 heterocycles. The zero-order valence-electron chi connectivity index (χ0n) is 11.8. The van der Waals surface area contributed by atoms with Gasteiger partial charge in [-0.3, -0.25) is 10.1 Å². The number of nitro benzene ring substituents is 1. The van der Waals surface area contributed by atoms with E-state index < -0.39 is 0 Å². The van der Waals surface area contributed by atoms with Gasteiger partial charge in [0.25, 0.3) is 5.69 Å². The lowest BCUT2D eigenvalue weighted by Gasteiger charge is -2.07. The Morgan fingerprint density at radius 2 is 1.86 bits per heavy atom. The predicted molar refractivity (Wildman–Crippen MR) is 82.1 cm³/mol. The molecule has 0 spiro atoms. The van der Waals surface area contributed by atoms with Crippen LogP contribution in [0.2, 0.25) is 0 Å². The molecule has 4 heteroatoms. The average molecular weight is 282 g/mol. The standard InChI is InChI=1S/C17H18N2O2/c20-19(21)17-7-2-1-4-16(17)12-18-11-13-8-9-14-5-3-6-15(14)10-13/h1-2,4,7-10,18H,3,5-6,11-12H2. The van der Waals surface area contributed by atoms with Crippen molar-refractivity contribution in [1.29, 1.82) is 0 Å². The van der Waals surface area contributed by atoms with Crippen molar-refractivity contribution in [2.24, 2.45) is 0 Å². The molecule has 108 valence electrons. The Bertz CT molecular complexity index is 668. The quantitative estimate of drug-likeness (QED) is 0.675. The molecule has 0 aliphatic heterocycles. The van der Waals surface area contributed by atoms with Crippen molar-refractivity contribution in [2.45, 2.75) is 32.4 Å². The number of nitro groups is 1. The third-order valence-electron chi connectivity index (χ3n) is 4.00. The van der Waals surface area contributed by atoms with Crippen molar-refractivity contribution in [2.75, 3.05) is 0 Å². The molecule has 4 nitrogen and oxygen atoms in total.